The van der Waals surface area contributed by atoms with Crippen LogP contribution in [0.5, 0.6) is 0 Å². The highest BCUT2D eigenvalue weighted by atomic mass is 31.2. The summed E-state index contributed by atoms with van der Waals surface area (Å²) < 4.78 is 23.7. The van der Waals surface area contributed by atoms with Crippen LogP contribution in [0.2, 0.25) is 0 Å². The van der Waals surface area contributed by atoms with Crippen molar-refractivity contribution in [2.24, 2.45) is 0 Å². The van der Waals surface area contributed by atoms with Crippen molar-refractivity contribution in [2.75, 3.05) is 40.9 Å². The predicted molar refractivity (Wildman–Crippen MR) is 318 cm³/mol. The van der Waals surface area contributed by atoms with Crippen molar-refractivity contribution in [3.05, 3.63) is 60.8 Å². The third-order valence-corrected chi connectivity index (χ3v) is 14.9. The number of aliphatic hydroxyl groups is 1. The number of quaternary nitrogens is 1. The highest BCUT2D eigenvalue weighted by Gasteiger charge is 2.27. The molecule has 0 aromatic rings. The van der Waals surface area contributed by atoms with Crippen LogP contribution < -0.4 is 5.32 Å². The van der Waals surface area contributed by atoms with Gasteiger partial charge in [0.05, 0.1) is 39.9 Å². The normalized spacial score (nSPS) is 14.2. The second kappa shape index (κ2) is 55.0. The van der Waals surface area contributed by atoms with Gasteiger partial charge < -0.3 is 19.8 Å². The molecule has 9 heteroatoms. The molecule has 1 amide bonds. The van der Waals surface area contributed by atoms with Crippen LogP contribution in [0, 0.1) is 0 Å². The molecule has 3 unspecified atom stereocenters. The summed E-state index contributed by atoms with van der Waals surface area (Å²) in [5, 5.41) is 13.9. The number of phosphoric ester groups is 1. The molecule has 0 aromatic carbocycles. The number of likely N-dealkylation sites (N-methyl/N-ethyl adjacent to an activating group) is 1. The molecule has 0 spiro atoms. The van der Waals surface area contributed by atoms with Crippen molar-refractivity contribution < 1.29 is 32.9 Å². The number of rotatable bonds is 57. The second-order valence-corrected chi connectivity index (χ2v) is 23.9. The van der Waals surface area contributed by atoms with E-state index in [4.69, 9.17) is 9.05 Å². The monoisotopic (exact) mass is 1050 g/mol. The van der Waals surface area contributed by atoms with Crippen LogP contribution >= 0.6 is 7.82 Å². The van der Waals surface area contributed by atoms with Crippen LogP contribution in [0.25, 0.3) is 0 Å². The zero-order chi connectivity index (χ0) is 53.5. The number of unbranched alkanes of at least 4 members (excludes halogenated alkanes) is 36. The van der Waals surface area contributed by atoms with Crippen LogP contribution in [-0.4, -0.2) is 73.4 Å². The summed E-state index contributed by atoms with van der Waals surface area (Å²) in [7, 11) is 1.55. The minimum Gasteiger partial charge on any atom is -0.387 e. The van der Waals surface area contributed by atoms with E-state index in [1.165, 1.54) is 218 Å². The predicted octanol–water partition coefficient (Wildman–Crippen LogP) is 19.3. The molecule has 73 heavy (non-hydrogen) atoms. The molecule has 0 aromatic heterocycles. The number of phosphoric acid groups is 1. The fraction of sp³-hybridized carbons (Fsp3) is 0.828. The van der Waals surface area contributed by atoms with Crippen LogP contribution in [-0.2, 0) is 18.4 Å². The zero-order valence-electron chi connectivity index (χ0n) is 48.9. The van der Waals surface area contributed by atoms with Gasteiger partial charge in [-0.2, -0.15) is 0 Å². The molecule has 0 saturated carbocycles. The van der Waals surface area contributed by atoms with Gasteiger partial charge in [0.15, 0.2) is 0 Å². The van der Waals surface area contributed by atoms with Gasteiger partial charge in [-0.15, -0.1) is 0 Å². The number of carbonyl (C=O) groups excluding carboxylic acids is 1. The smallest absolute Gasteiger partial charge is 0.387 e. The number of aliphatic hydroxyl groups excluding tert-OH is 1. The van der Waals surface area contributed by atoms with Crippen molar-refractivity contribution in [3.63, 3.8) is 0 Å². The maximum absolute atomic E-state index is 13.0. The van der Waals surface area contributed by atoms with Crippen LogP contribution in [0.4, 0.5) is 0 Å². The van der Waals surface area contributed by atoms with Crippen molar-refractivity contribution in [3.8, 4) is 0 Å². The summed E-state index contributed by atoms with van der Waals surface area (Å²) in [6.45, 7) is 4.79. The minimum atomic E-state index is -4.36. The average Bonchev–Trinajstić information content (AvgIpc) is 3.35. The Kier molecular flexibility index (Phi) is 53.6. The molecule has 0 aliphatic rings. The number of nitrogens with one attached hydrogen (secondary N) is 1. The van der Waals surface area contributed by atoms with E-state index in [-0.39, 0.29) is 19.1 Å². The number of hydrogen-bond acceptors (Lipinski definition) is 5. The lowest BCUT2D eigenvalue weighted by Gasteiger charge is -2.25. The molecule has 0 heterocycles. The molecule has 0 rings (SSSR count). The van der Waals surface area contributed by atoms with Gasteiger partial charge in [0, 0.05) is 6.42 Å². The Hall–Kier alpha value is -1.80. The van der Waals surface area contributed by atoms with Gasteiger partial charge in [-0.25, -0.2) is 4.57 Å². The van der Waals surface area contributed by atoms with Crippen LogP contribution in [0.3, 0.4) is 0 Å². The summed E-state index contributed by atoms with van der Waals surface area (Å²) in [6.07, 6.45) is 75.0. The van der Waals surface area contributed by atoms with E-state index in [0.717, 1.165) is 51.4 Å². The summed E-state index contributed by atoms with van der Waals surface area (Å²) in [6, 6.07) is -0.870. The molecule has 0 radical (unpaired) electrons. The first-order valence-electron chi connectivity index (χ1n) is 31.2. The number of nitrogens with zero attached hydrogens (tertiary/aromatic N) is 1. The summed E-state index contributed by atoms with van der Waals surface area (Å²) in [5.74, 6) is -0.188. The molecular formula is C64H122N2O6P+. The molecule has 0 bridgehead atoms. The van der Waals surface area contributed by atoms with Gasteiger partial charge >= 0.3 is 7.82 Å². The third kappa shape index (κ3) is 57.7. The van der Waals surface area contributed by atoms with Crippen molar-refractivity contribution >= 4 is 13.7 Å². The molecule has 3 atom stereocenters. The SMILES string of the molecule is CCCCCCC/C=C\C/C=C\CCCCCCCCCCCCCCCCCCCCCCCCCC(=O)NC(COP(=O)(O)OCC[N+](C)(C)C)C(O)/C=C/CC/C=C/CC/C=C/CCCCCCCC. The minimum absolute atomic E-state index is 0.0535. The molecule has 3 N–H and O–H groups in total. The Labute approximate surface area is 453 Å². The third-order valence-electron chi connectivity index (χ3n) is 13.9. The van der Waals surface area contributed by atoms with E-state index in [1.807, 2.05) is 27.2 Å². The largest absolute Gasteiger partial charge is 0.472 e. The molecule has 0 aliphatic heterocycles. The summed E-state index contributed by atoms with van der Waals surface area (Å²) >= 11 is 0. The number of carbonyl (C=O) groups is 1. The van der Waals surface area contributed by atoms with Gasteiger partial charge in [0.2, 0.25) is 5.91 Å². The van der Waals surface area contributed by atoms with Gasteiger partial charge in [-0.05, 0) is 77.0 Å². The van der Waals surface area contributed by atoms with Crippen LogP contribution in [0.15, 0.2) is 60.8 Å². The first-order valence-corrected chi connectivity index (χ1v) is 32.7. The van der Waals surface area contributed by atoms with Crippen molar-refractivity contribution in [1.82, 2.24) is 5.32 Å². The van der Waals surface area contributed by atoms with Gasteiger partial charge in [-0.3, -0.25) is 13.8 Å². The maximum atomic E-state index is 13.0. The maximum Gasteiger partial charge on any atom is 0.472 e. The molecule has 8 nitrogen and oxygen atoms in total. The van der Waals surface area contributed by atoms with Gasteiger partial charge in [0.1, 0.15) is 13.2 Å². The molecule has 0 saturated heterocycles. The van der Waals surface area contributed by atoms with E-state index in [2.05, 4.69) is 67.8 Å². The Morgan fingerprint density at radius 1 is 0.466 bits per heavy atom. The first-order chi connectivity index (χ1) is 35.5. The lowest BCUT2D eigenvalue weighted by Crippen LogP contribution is -2.45. The molecule has 0 aliphatic carbocycles. The average molecular weight is 1050 g/mol. The Morgan fingerprint density at radius 3 is 1.18 bits per heavy atom. The first kappa shape index (κ1) is 71.2. The van der Waals surface area contributed by atoms with Crippen molar-refractivity contribution in [1.29, 1.82) is 0 Å². The number of hydrogen-bond donors (Lipinski definition) is 3. The zero-order valence-corrected chi connectivity index (χ0v) is 49.8. The van der Waals surface area contributed by atoms with E-state index in [9.17, 15) is 19.4 Å². The van der Waals surface area contributed by atoms with E-state index in [1.54, 1.807) is 6.08 Å². The van der Waals surface area contributed by atoms with E-state index < -0.39 is 20.0 Å². The van der Waals surface area contributed by atoms with Crippen LogP contribution in [0.1, 0.15) is 290 Å². The molecular weight excluding hydrogens is 924 g/mol. The number of allylic oxidation sites excluding steroid dienone is 9. The van der Waals surface area contributed by atoms with Gasteiger partial charge in [0.25, 0.3) is 0 Å². The lowest BCUT2D eigenvalue weighted by atomic mass is 10.0. The standard InChI is InChI=1S/C64H121N2O6P/c1-6-8-10-12-14-16-18-20-22-24-25-26-27-28-29-30-31-32-33-34-35-36-37-38-39-40-41-42-44-46-48-50-52-54-56-58-64(68)65-62(61-72-73(69,70)71-60-59-66(3,4)5)63(67)57-55-53-51-49-47-45-43-23-21-19-17-15-13-11-9-7-2/h18,20-21,23-25,47,49,55,57,62-63,67H,6-17,19,22,26-46,48,50-54,56,58-61H2,1-5H3,(H-,65,68,69,70)/p+1/b20-18-,23-21+,25-24-,49-47+,57-55+. The topological polar surface area (TPSA) is 105 Å². The van der Waals surface area contributed by atoms with Gasteiger partial charge in [-0.1, -0.05) is 267 Å². The Morgan fingerprint density at radius 2 is 0.795 bits per heavy atom. The fourth-order valence-electron chi connectivity index (χ4n) is 9.05. The highest BCUT2D eigenvalue weighted by molar-refractivity contribution is 7.47. The molecule has 0 fully saturated rings. The Bertz CT molecular complexity index is 1370. The highest BCUT2D eigenvalue weighted by Crippen LogP contribution is 2.43. The fourth-order valence-corrected chi connectivity index (χ4v) is 9.78. The molecule has 428 valence electrons. The summed E-state index contributed by atoms with van der Waals surface area (Å²) in [5.41, 5.74) is 0. The second-order valence-electron chi connectivity index (χ2n) is 22.4. The van der Waals surface area contributed by atoms with E-state index in [0.29, 0.717) is 17.4 Å². The summed E-state index contributed by atoms with van der Waals surface area (Å²) in [4.78, 5) is 23.3. The van der Waals surface area contributed by atoms with Crippen molar-refractivity contribution in [2.45, 2.75) is 302 Å². The lowest BCUT2D eigenvalue weighted by molar-refractivity contribution is -0.870. The Balaban J connectivity index is 4.02. The quantitative estimate of drug-likeness (QED) is 0.0243. The number of amides is 1. The van der Waals surface area contributed by atoms with E-state index >= 15 is 0 Å².